The minimum absolute atomic E-state index is 0.0916. The van der Waals surface area contributed by atoms with E-state index in [9.17, 15) is 9.18 Å². The zero-order chi connectivity index (χ0) is 15.0. The van der Waals surface area contributed by atoms with Gasteiger partial charge in [-0.15, -0.1) is 0 Å². The molecule has 1 rings (SSSR count). The molecule has 1 aromatic carbocycles. The van der Waals surface area contributed by atoms with Crippen LogP contribution in [0.5, 0.6) is 0 Å². The summed E-state index contributed by atoms with van der Waals surface area (Å²) in [6.45, 7) is 4.66. The number of nitrogens with zero attached hydrogens (tertiary/aromatic N) is 1. The largest absolute Gasteiger partial charge is 0.395 e. The molecular weight excluding hydrogens is 257 g/mol. The van der Waals surface area contributed by atoms with Crippen molar-refractivity contribution in [3.05, 3.63) is 35.1 Å². The van der Waals surface area contributed by atoms with E-state index in [0.29, 0.717) is 6.54 Å². The van der Waals surface area contributed by atoms with E-state index in [1.54, 1.807) is 12.1 Å². The maximum atomic E-state index is 13.8. The number of halogens is 1. The van der Waals surface area contributed by atoms with Gasteiger partial charge in [-0.25, -0.2) is 4.39 Å². The van der Waals surface area contributed by atoms with Crippen LogP contribution < -0.4 is 0 Å². The van der Waals surface area contributed by atoms with Crippen LogP contribution in [0, 0.1) is 12.7 Å². The van der Waals surface area contributed by atoms with Crippen LogP contribution >= 0.6 is 0 Å². The average molecular weight is 281 g/mol. The van der Waals surface area contributed by atoms with Gasteiger partial charge in [0.1, 0.15) is 5.82 Å². The first-order valence-corrected chi connectivity index (χ1v) is 7.26. The first-order valence-electron chi connectivity index (χ1n) is 7.26. The van der Waals surface area contributed by atoms with E-state index >= 15 is 0 Å². The molecule has 1 amide bonds. The van der Waals surface area contributed by atoms with Crippen molar-refractivity contribution in [3.8, 4) is 0 Å². The van der Waals surface area contributed by atoms with E-state index in [1.807, 2.05) is 6.92 Å². The van der Waals surface area contributed by atoms with Crippen LogP contribution in [0.15, 0.2) is 18.2 Å². The predicted molar refractivity (Wildman–Crippen MR) is 78.3 cm³/mol. The molecule has 20 heavy (non-hydrogen) atoms. The topological polar surface area (TPSA) is 40.5 Å². The number of unbranched alkanes of at least 4 members (excludes halogenated alkanes) is 3. The molecule has 0 atom stereocenters. The minimum atomic E-state index is -0.503. The second-order valence-corrected chi connectivity index (χ2v) is 5.06. The molecule has 0 aliphatic carbocycles. The molecule has 0 radical (unpaired) electrons. The molecule has 0 heterocycles. The van der Waals surface area contributed by atoms with Crippen molar-refractivity contribution in [1.29, 1.82) is 0 Å². The lowest BCUT2D eigenvalue weighted by molar-refractivity contribution is 0.0713. The van der Waals surface area contributed by atoms with E-state index in [1.165, 1.54) is 11.0 Å². The zero-order valence-electron chi connectivity index (χ0n) is 12.4. The van der Waals surface area contributed by atoms with Gasteiger partial charge in [-0.1, -0.05) is 37.8 Å². The monoisotopic (exact) mass is 281 g/mol. The van der Waals surface area contributed by atoms with Crippen molar-refractivity contribution in [2.24, 2.45) is 0 Å². The summed E-state index contributed by atoms with van der Waals surface area (Å²) in [4.78, 5) is 13.9. The summed E-state index contributed by atoms with van der Waals surface area (Å²) in [6, 6.07) is 4.52. The van der Waals surface area contributed by atoms with Crippen LogP contribution in [0.4, 0.5) is 4.39 Å². The number of aryl methyl sites for hydroxylation is 1. The Bertz CT molecular complexity index is 434. The van der Waals surface area contributed by atoms with Gasteiger partial charge in [-0.2, -0.15) is 0 Å². The van der Waals surface area contributed by atoms with Crippen molar-refractivity contribution >= 4 is 5.91 Å². The van der Waals surface area contributed by atoms with Crippen LogP contribution in [0.25, 0.3) is 0 Å². The van der Waals surface area contributed by atoms with Crippen molar-refractivity contribution in [2.45, 2.75) is 39.5 Å². The summed E-state index contributed by atoms with van der Waals surface area (Å²) in [5, 5.41) is 9.07. The molecule has 0 fully saturated rings. The molecule has 1 aromatic rings. The number of aliphatic hydroxyl groups excluding tert-OH is 1. The highest BCUT2D eigenvalue weighted by Crippen LogP contribution is 2.13. The van der Waals surface area contributed by atoms with E-state index in [0.717, 1.165) is 31.2 Å². The van der Waals surface area contributed by atoms with Crippen LogP contribution in [0.1, 0.15) is 48.5 Å². The minimum Gasteiger partial charge on any atom is -0.395 e. The fourth-order valence-electron chi connectivity index (χ4n) is 2.14. The highest BCUT2D eigenvalue weighted by molar-refractivity contribution is 5.94. The number of carbonyl (C=O) groups is 1. The molecule has 0 spiro atoms. The number of hydrogen-bond donors (Lipinski definition) is 1. The molecule has 3 nitrogen and oxygen atoms in total. The normalized spacial score (nSPS) is 10.6. The molecule has 112 valence electrons. The Balaban J connectivity index is 2.74. The van der Waals surface area contributed by atoms with Gasteiger partial charge in [-0.3, -0.25) is 4.79 Å². The molecular formula is C16H24FNO2. The molecule has 0 bridgehead atoms. The molecule has 0 aliphatic heterocycles. The van der Waals surface area contributed by atoms with Crippen LogP contribution in [-0.2, 0) is 0 Å². The fourth-order valence-corrected chi connectivity index (χ4v) is 2.14. The maximum absolute atomic E-state index is 13.8. The maximum Gasteiger partial charge on any atom is 0.256 e. The molecule has 0 aliphatic rings. The first kappa shape index (κ1) is 16.6. The average Bonchev–Trinajstić information content (AvgIpc) is 2.44. The molecule has 0 saturated heterocycles. The Morgan fingerprint density at radius 3 is 2.65 bits per heavy atom. The second-order valence-electron chi connectivity index (χ2n) is 5.06. The SMILES string of the molecule is CCCCCCN(CCO)C(=O)c1cc(C)ccc1F. The number of hydrogen-bond acceptors (Lipinski definition) is 2. The van der Waals surface area contributed by atoms with Gasteiger partial charge in [0, 0.05) is 13.1 Å². The first-order chi connectivity index (χ1) is 9.60. The van der Waals surface area contributed by atoms with Crippen molar-refractivity contribution in [2.75, 3.05) is 19.7 Å². The Kier molecular flexibility index (Phi) is 7.23. The van der Waals surface area contributed by atoms with Gasteiger partial charge in [0.2, 0.25) is 0 Å². The highest BCUT2D eigenvalue weighted by atomic mass is 19.1. The Labute approximate surface area is 120 Å². The van der Waals surface area contributed by atoms with Gasteiger partial charge < -0.3 is 10.0 Å². The number of benzene rings is 1. The van der Waals surface area contributed by atoms with Gasteiger partial charge >= 0.3 is 0 Å². The van der Waals surface area contributed by atoms with Crippen molar-refractivity contribution in [3.63, 3.8) is 0 Å². The number of carbonyl (C=O) groups excluding carboxylic acids is 1. The predicted octanol–water partition coefficient (Wildman–Crippen LogP) is 3.15. The quantitative estimate of drug-likeness (QED) is 0.744. The summed E-state index contributed by atoms with van der Waals surface area (Å²) in [6.07, 6.45) is 4.18. The van der Waals surface area contributed by atoms with E-state index < -0.39 is 5.82 Å². The van der Waals surface area contributed by atoms with Crippen LogP contribution in [-0.4, -0.2) is 35.6 Å². The molecule has 4 heteroatoms. The third kappa shape index (κ3) is 4.93. The van der Waals surface area contributed by atoms with Crippen molar-refractivity contribution in [1.82, 2.24) is 4.90 Å². The van der Waals surface area contributed by atoms with E-state index in [2.05, 4.69) is 6.92 Å². The standard InChI is InChI=1S/C16H24FNO2/c1-3-4-5-6-9-18(10-11-19)16(20)14-12-13(2)7-8-15(14)17/h7-8,12,19H,3-6,9-11H2,1-2H3. The summed E-state index contributed by atoms with van der Waals surface area (Å²) < 4.78 is 13.8. The molecule has 0 aromatic heterocycles. The lowest BCUT2D eigenvalue weighted by atomic mass is 10.1. The van der Waals surface area contributed by atoms with Crippen LogP contribution in [0.2, 0.25) is 0 Å². The number of amides is 1. The van der Waals surface area contributed by atoms with Gasteiger partial charge in [0.05, 0.1) is 12.2 Å². The zero-order valence-corrected chi connectivity index (χ0v) is 12.4. The summed E-state index contributed by atoms with van der Waals surface area (Å²) >= 11 is 0. The molecule has 0 unspecified atom stereocenters. The Hall–Kier alpha value is -1.42. The lowest BCUT2D eigenvalue weighted by Crippen LogP contribution is -2.35. The number of rotatable bonds is 8. The van der Waals surface area contributed by atoms with Gasteiger partial charge in [-0.05, 0) is 25.5 Å². The summed E-state index contributed by atoms with van der Waals surface area (Å²) in [7, 11) is 0. The third-order valence-corrected chi connectivity index (χ3v) is 3.29. The fraction of sp³-hybridized carbons (Fsp3) is 0.562. The molecule has 1 N–H and O–H groups in total. The summed E-state index contributed by atoms with van der Waals surface area (Å²) in [5.74, 6) is -0.839. The van der Waals surface area contributed by atoms with Crippen molar-refractivity contribution < 1.29 is 14.3 Å². The van der Waals surface area contributed by atoms with Gasteiger partial charge in [0.15, 0.2) is 0 Å². The highest BCUT2D eigenvalue weighted by Gasteiger charge is 2.18. The number of aliphatic hydroxyl groups is 1. The summed E-state index contributed by atoms with van der Waals surface area (Å²) in [5.41, 5.74) is 0.943. The smallest absolute Gasteiger partial charge is 0.256 e. The Morgan fingerprint density at radius 1 is 1.25 bits per heavy atom. The van der Waals surface area contributed by atoms with E-state index in [-0.39, 0.29) is 24.6 Å². The molecule has 0 saturated carbocycles. The second kappa shape index (κ2) is 8.69. The van der Waals surface area contributed by atoms with E-state index in [4.69, 9.17) is 5.11 Å². The third-order valence-electron chi connectivity index (χ3n) is 3.29. The van der Waals surface area contributed by atoms with Gasteiger partial charge in [0.25, 0.3) is 5.91 Å². The lowest BCUT2D eigenvalue weighted by Gasteiger charge is -2.22. The Morgan fingerprint density at radius 2 is 2.00 bits per heavy atom. The van der Waals surface area contributed by atoms with Crippen LogP contribution in [0.3, 0.4) is 0 Å².